The van der Waals surface area contributed by atoms with Gasteiger partial charge in [-0.2, -0.15) is 0 Å². The van der Waals surface area contributed by atoms with Gasteiger partial charge in [-0.3, -0.25) is 0 Å². The first-order chi connectivity index (χ1) is 10.2. The maximum absolute atomic E-state index is 10.9. The Morgan fingerprint density at radius 1 is 0.952 bits per heavy atom. The fourth-order valence-corrected chi connectivity index (χ4v) is 3.03. The molecule has 1 unspecified atom stereocenters. The van der Waals surface area contributed by atoms with E-state index in [-0.39, 0.29) is 0 Å². The molecule has 0 saturated heterocycles. The fourth-order valence-electron chi connectivity index (χ4n) is 3.03. The second-order valence-electron chi connectivity index (χ2n) is 5.44. The molecule has 0 radical (unpaired) electrons. The maximum Gasteiger partial charge on any atom is 0.109 e. The maximum atomic E-state index is 10.9. The third-order valence-corrected chi connectivity index (χ3v) is 4.25. The molecule has 1 aromatic carbocycles. The fraction of sp³-hybridized carbons (Fsp3) is 0.474. The standard InChI is InChI=1S/C19H26O2/c1-5-13-11-14(6-2)18(15(7-3)12-13)19(20)16-9-10-21-17(16)8-4/h9-12,19-20H,5-8H2,1-4H3. The zero-order chi connectivity index (χ0) is 15.4. The predicted molar refractivity (Wildman–Crippen MR) is 86.7 cm³/mol. The van der Waals surface area contributed by atoms with Gasteiger partial charge in [-0.05, 0) is 47.6 Å². The summed E-state index contributed by atoms with van der Waals surface area (Å²) in [4.78, 5) is 0. The van der Waals surface area contributed by atoms with Crippen LogP contribution in [0.2, 0.25) is 0 Å². The van der Waals surface area contributed by atoms with Gasteiger partial charge < -0.3 is 9.52 Å². The van der Waals surface area contributed by atoms with Crippen LogP contribution in [0.15, 0.2) is 28.9 Å². The van der Waals surface area contributed by atoms with E-state index in [9.17, 15) is 5.11 Å². The zero-order valence-corrected chi connectivity index (χ0v) is 13.6. The van der Waals surface area contributed by atoms with Crippen molar-refractivity contribution in [3.63, 3.8) is 0 Å². The van der Waals surface area contributed by atoms with Gasteiger partial charge in [-0.15, -0.1) is 0 Å². The highest BCUT2D eigenvalue weighted by molar-refractivity contribution is 5.45. The van der Waals surface area contributed by atoms with Crippen LogP contribution in [0.5, 0.6) is 0 Å². The van der Waals surface area contributed by atoms with Gasteiger partial charge in [0, 0.05) is 12.0 Å². The third kappa shape index (κ3) is 3.06. The van der Waals surface area contributed by atoms with Crippen molar-refractivity contribution in [2.75, 3.05) is 0 Å². The van der Waals surface area contributed by atoms with E-state index in [0.29, 0.717) is 0 Å². The van der Waals surface area contributed by atoms with Crippen molar-refractivity contribution < 1.29 is 9.52 Å². The average Bonchev–Trinajstić information content (AvgIpc) is 3.01. The Labute approximate surface area is 127 Å². The average molecular weight is 286 g/mol. The number of furan rings is 1. The molecule has 2 rings (SSSR count). The van der Waals surface area contributed by atoms with Crippen molar-refractivity contribution in [1.29, 1.82) is 0 Å². The molecule has 0 bridgehead atoms. The number of hydrogen-bond acceptors (Lipinski definition) is 2. The lowest BCUT2D eigenvalue weighted by atomic mass is 9.88. The molecule has 1 aromatic heterocycles. The molecule has 21 heavy (non-hydrogen) atoms. The zero-order valence-electron chi connectivity index (χ0n) is 13.6. The molecule has 1 N–H and O–H groups in total. The minimum absolute atomic E-state index is 0.588. The SMILES string of the molecule is CCc1cc(CC)c(C(O)c2ccoc2CC)c(CC)c1. The molecule has 0 saturated carbocycles. The van der Waals surface area contributed by atoms with Crippen LogP contribution in [0.1, 0.15) is 67.4 Å². The van der Waals surface area contributed by atoms with E-state index < -0.39 is 6.10 Å². The number of aliphatic hydroxyl groups excluding tert-OH is 1. The molecule has 2 nitrogen and oxygen atoms in total. The van der Waals surface area contributed by atoms with Gasteiger partial charge in [0.15, 0.2) is 0 Å². The summed E-state index contributed by atoms with van der Waals surface area (Å²) in [5.74, 6) is 0.881. The van der Waals surface area contributed by atoms with Crippen molar-refractivity contribution in [2.45, 2.75) is 59.5 Å². The molecule has 0 aliphatic rings. The summed E-state index contributed by atoms with van der Waals surface area (Å²) < 4.78 is 5.49. The van der Waals surface area contributed by atoms with E-state index >= 15 is 0 Å². The highest BCUT2D eigenvalue weighted by Crippen LogP contribution is 2.33. The third-order valence-electron chi connectivity index (χ3n) is 4.25. The van der Waals surface area contributed by atoms with Gasteiger partial charge in [-0.25, -0.2) is 0 Å². The van der Waals surface area contributed by atoms with Crippen LogP contribution in [-0.4, -0.2) is 5.11 Å². The summed E-state index contributed by atoms with van der Waals surface area (Å²) >= 11 is 0. The lowest BCUT2D eigenvalue weighted by Crippen LogP contribution is -2.09. The van der Waals surface area contributed by atoms with E-state index in [1.54, 1.807) is 6.26 Å². The Kier molecular flexibility index (Phi) is 5.24. The Hall–Kier alpha value is -1.54. The van der Waals surface area contributed by atoms with E-state index in [1.165, 1.54) is 16.7 Å². The first kappa shape index (κ1) is 15.8. The quantitative estimate of drug-likeness (QED) is 0.841. The summed E-state index contributed by atoms with van der Waals surface area (Å²) in [6.07, 6.45) is 4.79. The second kappa shape index (κ2) is 6.95. The molecule has 0 amide bonds. The van der Waals surface area contributed by atoms with Gasteiger partial charge in [0.2, 0.25) is 0 Å². The second-order valence-corrected chi connectivity index (χ2v) is 5.44. The van der Waals surface area contributed by atoms with Gasteiger partial charge in [0.05, 0.1) is 6.26 Å². The number of aliphatic hydroxyl groups is 1. The Morgan fingerprint density at radius 3 is 2.05 bits per heavy atom. The molecule has 0 aliphatic heterocycles. The summed E-state index contributed by atoms with van der Waals surface area (Å²) in [6, 6.07) is 6.38. The Balaban J connectivity index is 2.56. The first-order valence-electron chi connectivity index (χ1n) is 8.04. The minimum Gasteiger partial charge on any atom is -0.469 e. The molecule has 2 aromatic rings. The lowest BCUT2D eigenvalue weighted by molar-refractivity contribution is 0.215. The van der Waals surface area contributed by atoms with Crippen molar-refractivity contribution in [2.24, 2.45) is 0 Å². The van der Waals surface area contributed by atoms with Crippen molar-refractivity contribution in [3.8, 4) is 0 Å². The summed E-state index contributed by atoms with van der Waals surface area (Å²) in [6.45, 7) is 8.54. The van der Waals surface area contributed by atoms with E-state index in [4.69, 9.17) is 4.42 Å². The van der Waals surface area contributed by atoms with Crippen LogP contribution in [-0.2, 0) is 25.7 Å². The highest BCUT2D eigenvalue weighted by atomic mass is 16.3. The number of benzene rings is 1. The molecule has 2 heteroatoms. The molecular weight excluding hydrogens is 260 g/mol. The normalized spacial score (nSPS) is 12.6. The molecule has 1 atom stereocenters. The van der Waals surface area contributed by atoms with Crippen LogP contribution >= 0.6 is 0 Å². The van der Waals surface area contributed by atoms with Gasteiger partial charge in [0.25, 0.3) is 0 Å². The van der Waals surface area contributed by atoms with Gasteiger partial charge in [-0.1, -0.05) is 39.8 Å². The number of hydrogen-bond donors (Lipinski definition) is 1. The summed E-state index contributed by atoms with van der Waals surface area (Å²) in [5, 5.41) is 10.9. The molecule has 0 fully saturated rings. The van der Waals surface area contributed by atoms with E-state index in [2.05, 4.69) is 39.8 Å². The number of aryl methyl sites for hydroxylation is 4. The van der Waals surface area contributed by atoms with Crippen molar-refractivity contribution in [1.82, 2.24) is 0 Å². The van der Waals surface area contributed by atoms with Gasteiger partial charge >= 0.3 is 0 Å². The molecule has 1 heterocycles. The smallest absolute Gasteiger partial charge is 0.109 e. The molecule has 0 aliphatic carbocycles. The largest absolute Gasteiger partial charge is 0.469 e. The van der Waals surface area contributed by atoms with Crippen LogP contribution in [0.4, 0.5) is 0 Å². The lowest BCUT2D eigenvalue weighted by Gasteiger charge is -2.20. The first-order valence-corrected chi connectivity index (χ1v) is 8.04. The van der Waals surface area contributed by atoms with Crippen molar-refractivity contribution >= 4 is 0 Å². The monoisotopic (exact) mass is 286 g/mol. The summed E-state index contributed by atoms with van der Waals surface area (Å²) in [5.41, 5.74) is 5.84. The Morgan fingerprint density at radius 2 is 1.57 bits per heavy atom. The van der Waals surface area contributed by atoms with Gasteiger partial charge in [0.1, 0.15) is 11.9 Å². The number of rotatable bonds is 6. The molecule has 0 spiro atoms. The topological polar surface area (TPSA) is 33.4 Å². The van der Waals surface area contributed by atoms with Crippen molar-refractivity contribution in [3.05, 3.63) is 58.0 Å². The van der Waals surface area contributed by atoms with Crippen LogP contribution < -0.4 is 0 Å². The Bertz CT molecular complexity index is 570. The van der Waals surface area contributed by atoms with Crippen LogP contribution in [0.3, 0.4) is 0 Å². The summed E-state index contributed by atoms with van der Waals surface area (Å²) in [7, 11) is 0. The highest BCUT2D eigenvalue weighted by Gasteiger charge is 2.21. The predicted octanol–water partition coefficient (Wildman–Crippen LogP) is 4.61. The molecular formula is C19H26O2. The van der Waals surface area contributed by atoms with Crippen LogP contribution in [0, 0.1) is 0 Å². The van der Waals surface area contributed by atoms with E-state index in [1.807, 2.05) is 6.07 Å². The molecule has 114 valence electrons. The van der Waals surface area contributed by atoms with Crippen LogP contribution in [0.25, 0.3) is 0 Å². The van der Waals surface area contributed by atoms with E-state index in [0.717, 1.165) is 42.6 Å². The minimum atomic E-state index is -0.588.